The van der Waals surface area contributed by atoms with Crippen molar-refractivity contribution in [2.24, 2.45) is 0 Å². The molecule has 1 aliphatic heterocycles. The lowest BCUT2D eigenvalue weighted by Crippen LogP contribution is -2.45. The van der Waals surface area contributed by atoms with E-state index in [0.717, 1.165) is 13.1 Å². The molecule has 1 amide bonds. The maximum absolute atomic E-state index is 12.6. The number of rotatable bonds is 3. The van der Waals surface area contributed by atoms with Gasteiger partial charge in [-0.25, -0.2) is 4.79 Å². The lowest BCUT2D eigenvalue weighted by Gasteiger charge is -2.35. The van der Waals surface area contributed by atoms with Crippen molar-refractivity contribution in [1.82, 2.24) is 4.90 Å². The number of halogens is 3. The van der Waals surface area contributed by atoms with E-state index in [0.29, 0.717) is 18.8 Å². The quantitative estimate of drug-likeness (QED) is 0.846. The van der Waals surface area contributed by atoms with Gasteiger partial charge in [-0.15, -0.1) is 0 Å². The molecule has 0 unspecified atom stereocenters. The number of alkyl halides is 3. The van der Waals surface area contributed by atoms with E-state index in [-0.39, 0.29) is 11.3 Å². The number of nitrogens with one attached hydrogen (secondary N) is 1. The highest BCUT2D eigenvalue weighted by atomic mass is 19.4. The second kappa shape index (κ2) is 7.08. The van der Waals surface area contributed by atoms with E-state index >= 15 is 0 Å². The zero-order valence-corrected chi connectivity index (χ0v) is 13.3. The predicted octanol–water partition coefficient (Wildman–Crippen LogP) is 1.73. The van der Waals surface area contributed by atoms with Crippen molar-refractivity contribution in [1.29, 1.82) is 0 Å². The Morgan fingerprint density at radius 3 is 2.33 bits per heavy atom. The van der Waals surface area contributed by atoms with Crippen molar-refractivity contribution in [3.8, 4) is 0 Å². The average Bonchev–Trinajstić information content (AvgIpc) is 2.54. The topological polar surface area (TPSA) is 61.9 Å². The third-order valence-electron chi connectivity index (χ3n) is 3.77. The lowest BCUT2D eigenvalue weighted by atomic mass is 10.1. The summed E-state index contributed by atoms with van der Waals surface area (Å²) >= 11 is 0. The van der Waals surface area contributed by atoms with Gasteiger partial charge in [-0.1, -0.05) is 0 Å². The summed E-state index contributed by atoms with van der Waals surface area (Å²) < 4.78 is 42.3. The number of methoxy groups -OCH3 is 1. The molecule has 0 saturated carbocycles. The standard InChI is InChI=1S/C15H18F3N3O3/c1-20-5-7-21(8-6-20)12-4-3-10(13(22)24-2)9-11(12)19-14(23)15(16,17)18/h3-4,9H,5-8H2,1-2H3,(H,19,23). The molecule has 1 aromatic carbocycles. The van der Waals surface area contributed by atoms with Crippen LogP contribution in [0.25, 0.3) is 0 Å². The molecule has 0 radical (unpaired) electrons. The Morgan fingerprint density at radius 1 is 1.17 bits per heavy atom. The molecule has 132 valence electrons. The fourth-order valence-corrected chi connectivity index (χ4v) is 2.40. The summed E-state index contributed by atoms with van der Waals surface area (Å²) in [4.78, 5) is 26.9. The molecule has 1 saturated heterocycles. The highest BCUT2D eigenvalue weighted by Gasteiger charge is 2.39. The van der Waals surface area contributed by atoms with Crippen molar-refractivity contribution in [2.45, 2.75) is 6.18 Å². The van der Waals surface area contributed by atoms with Gasteiger partial charge in [0.05, 0.1) is 24.0 Å². The minimum Gasteiger partial charge on any atom is -0.465 e. The molecular formula is C15H18F3N3O3. The van der Waals surface area contributed by atoms with Gasteiger partial charge in [-0.2, -0.15) is 13.2 Å². The maximum atomic E-state index is 12.6. The van der Waals surface area contributed by atoms with Crippen LogP contribution in [0.1, 0.15) is 10.4 Å². The zero-order chi connectivity index (χ0) is 17.9. The molecule has 0 aromatic heterocycles. The second-order valence-electron chi connectivity index (χ2n) is 5.47. The van der Waals surface area contributed by atoms with Crippen LogP contribution in [-0.2, 0) is 9.53 Å². The Hall–Kier alpha value is -2.29. The van der Waals surface area contributed by atoms with Gasteiger partial charge in [0.25, 0.3) is 0 Å². The van der Waals surface area contributed by atoms with Gasteiger partial charge in [0, 0.05) is 26.2 Å². The number of amides is 1. The maximum Gasteiger partial charge on any atom is 0.471 e. The third-order valence-corrected chi connectivity index (χ3v) is 3.77. The Labute approximate surface area is 137 Å². The monoisotopic (exact) mass is 345 g/mol. The molecule has 0 atom stereocenters. The van der Waals surface area contributed by atoms with Crippen molar-refractivity contribution in [3.05, 3.63) is 23.8 Å². The van der Waals surface area contributed by atoms with E-state index in [4.69, 9.17) is 0 Å². The smallest absolute Gasteiger partial charge is 0.465 e. The molecular weight excluding hydrogens is 327 g/mol. The molecule has 1 fully saturated rings. The molecule has 0 aliphatic carbocycles. The molecule has 24 heavy (non-hydrogen) atoms. The number of hydrogen-bond donors (Lipinski definition) is 1. The zero-order valence-electron chi connectivity index (χ0n) is 13.3. The van der Waals surface area contributed by atoms with E-state index < -0.39 is 18.1 Å². The van der Waals surface area contributed by atoms with Gasteiger partial charge < -0.3 is 19.9 Å². The first kappa shape index (κ1) is 18.1. The average molecular weight is 345 g/mol. The Kier molecular flexibility index (Phi) is 5.33. The highest BCUT2D eigenvalue weighted by Crippen LogP contribution is 2.30. The summed E-state index contributed by atoms with van der Waals surface area (Å²) in [6.45, 7) is 2.68. The molecule has 9 heteroatoms. The fraction of sp³-hybridized carbons (Fsp3) is 0.467. The number of carbonyl (C=O) groups excluding carboxylic acids is 2. The van der Waals surface area contributed by atoms with Crippen LogP contribution >= 0.6 is 0 Å². The molecule has 0 spiro atoms. The summed E-state index contributed by atoms with van der Waals surface area (Å²) in [6, 6.07) is 4.18. The number of ether oxygens (including phenoxy) is 1. The number of benzene rings is 1. The number of carbonyl (C=O) groups is 2. The molecule has 6 nitrogen and oxygen atoms in total. The van der Waals surface area contributed by atoms with Gasteiger partial charge in [-0.3, -0.25) is 4.79 Å². The van der Waals surface area contributed by atoms with Crippen molar-refractivity contribution in [2.75, 3.05) is 50.6 Å². The largest absolute Gasteiger partial charge is 0.471 e. The van der Waals surface area contributed by atoms with Crippen LogP contribution in [0.2, 0.25) is 0 Å². The molecule has 1 aliphatic rings. The summed E-state index contributed by atoms with van der Waals surface area (Å²) in [5.74, 6) is -2.78. The first-order valence-corrected chi connectivity index (χ1v) is 7.26. The SMILES string of the molecule is COC(=O)c1ccc(N2CCN(C)CC2)c(NC(=O)C(F)(F)F)c1. The summed E-state index contributed by atoms with van der Waals surface area (Å²) in [6.07, 6.45) is -5.01. The van der Waals surface area contributed by atoms with Crippen LogP contribution in [0.15, 0.2) is 18.2 Å². The number of anilines is 2. The van der Waals surface area contributed by atoms with E-state index in [1.165, 1.54) is 25.3 Å². The van der Waals surface area contributed by atoms with Gasteiger partial charge in [0.1, 0.15) is 0 Å². The fourth-order valence-electron chi connectivity index (χ4n) is 2.40. The number of hydrogen-bond acceptors (Lipinski definition) is 5. The molecule has 0 bridgehead atoms. The third kappa shape index (κ3) is 4.16. The van der Waals surface area contributed by atoms with Gasteiger partial charge >= 0.3 is 18.1 Å². The van der Waals surface area contributed by atoms with E-state index in [1.807, 2.05) is 17.3 Å². The molecule has 1 aromatic rings. The number of nitrogens with zero attached hydrogens (tertiary/aromatic N) is 2. The first-order chi connectivity index (χ1) is 11.2. The van der Waals surface area contributed by atoms with Crippen LogP contribution < -0.4 is 10.2 Å². The van der Waals surface area contributed by atoms with Crippen LogP contribution in [0.3, 0.4) is 0 Å². The van der Waals surface area contributed by atoms with Crippen LogP contribution in [0.4, 0.5) is 24.5 Å². The summed E-state index contributed by atoms with van der Waals surface area (Å²) in [5.41, 5.74) is 0.436. The van der Waals surface area contributed by atoms with Crippen molar-refractivity contribution >= 4 is 23.3 Å². The van der Waals surface area contributed by atoms with E-state index in [1.54, 1.807) is 0 Å². The van der Waals surface area contributed by atoms with E-state index in [2.05, 4.69) is 9.64 Å². The Bertz CT molecular complexity index is 626. The van der Waals surface area contributed by atoms with Gasteiger partial charge in [0.2, 0.25) is 0 Å². The number of esters is 1. The van der Waals surface area contributed by atoms with Gasteiger partial charge in [0.15, 0.2) is 0 Å². The second-order valence-corrected chi connectivity index (χ2v) is 5.47. The van der Waals surface area contributed by atoms with Crippen LogP contribution in [-0.4, -0.2) is 63.3 Å². The number of piperazine rings is 1. The first-order valence-electron chi connectivity index (χ1n) is 7.26. The summed E-state index contributed by atoms with van der Waals surface area (Å²) in [7, 11) is 3.12. The van der Waals surface area contributed by atoms with Gasteiger partial charge in [-0.05, 0) is 25.2 Å². The lowest BCUT2D eigenvalue weighted by molar-refractivity contribution is -0.167. The minimum absolute atomic E-state index is 0.0628. The highest BCUT2D eigenvalue weighted by molar-refractivity contribution is 6.00. The molecule has 1 heterocycles. The molecule has 1 N–H and O–H groups in total. The Balaban J connectivity index is 2.34. The van der Waals surface area contributed by atoms with Crippen molar-refractivity contribution < 1.29 is 27.5 Å². The number of likely N-dealkylation sites (N-methyl/N-ethyl adjacent to an activating group) is 1. The minimum atomic E-state index is -5.01. The normalized spacial score (nSPS) is 16.0. The summed E-state index contributed by atoms with van der Waals surface area (Å²) in [5, 5.41) is 1.85. The van der Waals surface area contributed by atoms with E-state index in [9.17, 15) is 22.8 Å². The van der Waals surface area contributed by atoms with Crippen LogP contribution in [0.5, 0.6) is 0 Å². The van der Waals surface area contributed by atoms with Crippen LogP contribution in [0, 0.1) is 0 Å². The molecule has 2 rings (SSSR count). The predicted molar refractivity (Wildman–Crippen MR) is 82.2 cm³/mol. The van der Waals surface area contributed by atoms with Crippen molar-refractivity contribution in [3.63, 3.8) is 0 Å². The Morgan fingerprint density at radius 2 is 1.79 bits per heavy atom.